The van der Waals surface area contributed by atoms with E-state index in [2.05, 4.69) is 41.0 Å². The molecule has 1 saturated heterocycles. The number of nitrogens with two attached hydrogens (primary N) is 2. The molecule has 3 saturated carbocycles. The van der Waals surface area contributed by atoms with Gasteiger partial charge < -0.3 is 20.9 Å². The first-order chi connectivity index (χ1) is 16.8. The van der Waals surface area contributed by atoms with Crippen molar-refractivity contribution in [2.24, 2.45) is 50.3 Å². The number of fused-ring (bicyclic) bond motifs is 7. The first-order valence-electron chi connectivity index (χ1n) is 13.1. The molecule has 10 nitrogen and oxygen atoms in total. The molecule has 0 spiro atoms. The van der Waals surface area contributed by atoms with Gasteiger partial charge in [-0.3, -0.25) is 0 Å². The lowest BCUT2D eigenvalue weighted by molar-refractivity contribution is -0.197. The zero-order valence-electron chi connectivity index (χ0n) is 22.0. The van der Waals surface area contributed by atoms with Crippen molar-refractivity contribution in [2.45, 2.75) is 97.1 Å². The molecule has 0 aromatic carbocycles. The number of primary amides is 2. The quantitative estimate of drug-likeness (QED) is 0.346. The van der Waals surface area contributed by atoms with Crippen LogP contribution in [0.2, 0.25) is 0 Å². The predicted molar refractivity (Wildman–Crippen MR) is 136 cm³/mol. The highest BCUT2D eigenvalue weighted by atomic mass is 16.8. The Bertz CT molecular complexity index is 1070. The maximum Gasteiger partial charge on any atom is 0.332 e. The van der Waals surface area contributed by atoms with E-state index in [1.807, 2.05) is 20.8 Å². The van der Waals surface area contributed by atoms with Crippen LogP contribution in [0.15, 0.2) is 21.9 Å². The number of rotatable bonds is 3. The number of carbonyl (C=O) groups is 2. The fraction of sp³-hybridized carbons (Fsp3) is 0.769. The number of allylic oxidation sites excluding steroid dienone is 2. The zero-order chi connectivity index (χ0) is 26.1. The summed E-state index contributed by atoms with van der Waals surface area (Å²) in [6, 6.07) is -1.32. The van der Waals surface area contributed by atoms with Crippen LogP contribution in [0.25, 0.3) is 0 Å². The molecule has 36 heavy (non-hydrogen) atoms. The molecular formula is C26H40N6O4. The van der Waals surface area contributed by atoms with Crippen LogP contribution in [0.5, 0.6) is 0 Å². The van der Waals surface area contributed by atoms with Gasteiger partial charge in [0, 0.05) is 5.41 Å². The van der Waals surface area contributed by atoms with Crippen molar-refractivity contribution in [1.82, 2.24) is 10.9 Å². The van der Waals surface area contributed by atoms with E-state index in [0.29, 0.717) is 17.8 Å². The van der Waals surface area contributed by atoms with Crippen LogP contribution in [-0.4, -0.2) is 41.0 Å². The molecule has 0 bridgehead atoms. The number of amides is 4. The maximum absolute atomic E-state index is 11.4. The minimum absolute atomic E-state index is 0.110. The van der Waals surface area contributed by atoms with Gasteiger partial charge in [-0.1, -0.05) is 19.4 Å². The Kier molecular flexibility index (Phi) is 5.79. The highest BCUT2D eigenvalue weighted by molar-refractivity contribution is 5.97. The molecule has 5 aliphatic rings. The number of hydrazone groups is 2. The first-order valence-corrected chi connectivity index (χ1v) is 13.1. The molecular weight excluding hydrogens is 460 g/mol. The molecule has 10 heteroatoms. The van der Waals surface area contributed by atoms with Gasteiger partial charge in [-0.05, 0) is 95.0 Å². The minimum Gasteiger partial charge on any atom is -0.350 e. The van der Waals surface area contributed by atoms with Crippen LogP contribution in [0.4, 0.5) is 9.59 Å². The van der Waals surface area contributed by atoms with E-state index in [1.54, 1.807) is 0 Å². The second kappa shape index (κ2) is 8.28. The van der Waals surface area contributed by atoms with E-state index >= 15 is 0 Å². The molecule has 6 N–H and O–H groups in total. The Hall–Kier alpha value is -2.46. The summed E-state index contributed by atoms with van der Waals surface area (Å²) in [4.78, 5) is 22.6. The van der Waals surface area contributed by atoms with E-state index in [1.165, 1.54) is 5.57 Å². The molecule has 1 heterocycles. The van der Waals surface area contributed by atoms with Crippen LogP contribution >= 0.6 is 0 Å². The summed E-state index contributed by atoms with van der Waals surface area (Å²) in [5.74, 6) is 0.792. The van der Waals surface area contributed by atoms with E-state index in [4.69, 9.17) is 20.9 Å². The van der Waals surface area contributed by atoms with E-state index in [9.17, 15) is 9.59 Å². The van der Waals surface area contributed by atoms with Gasteiger partial charge in [0.05, 0.1) is 17.5 Å². The van der Waals surface area contributed by atoms with Crippen LogP contribution in [0.3, 0.4) is 0 Å². The van der Waals surface area contributed by atoms with Crippen LogP contribution in [0, 0.1) is 28.6 Å². The molecule has 0 unspecified atom stereocenters. The Balaban J connectivity index is 1.47. The van der Waals surface area contributed by atoms with Gasteiger partial charge >= 0.3 is 12.1 Å². The number of hydrogen-bond acceptors (Lipinski definition) is 6. The number of ether oxygens (including phenoxy) is 2. The van der Waals surface area contributed by atoms with Crippen LogP contribution in [-0.2, 0) is 9.47 Å². The average molecular weight is 501 g/mol. The Morgan fingerprint density at radius 3 is 2.44 bits per heavy atom. The molecule has 4 aliphatic carbocycles. The summed E-state index contributed by atoms with van der Waals surface area (Å²) in [5.41, 5.74) is 17.6. The monoisotopic (exact) mass is 500 g/mol. The molecule has 7 atom stereocenters. The summed E-state index contributed by atoms with van der Waals surface area (Å²) in [6.45, 7) is 10.6. The number of carbonyl (C=O) groups excluding carboxylic acids is 2. The SMILES string of the molecule is C/C(=N/NC(N)=O)[C@@]12OC(C)(C)O[C@@H]1C[C@@H]1[C@@H]3CCC4=C/C(=N/NC(N)=O)CC[C@]4(C)[C@H]3CC[C@@]12C. The van der Waals surface area contributed by atoms with Gasteiger partial charge in [0.1, 0.15) is 5.60 Å². The number of urea groups is 2. The van der Waals surface area contributed by atoms with Crippen molar-refractivity contribution in [3.8, 4) is 0 Å². The molecule has 0 aromatic rings. The summed E-state index contributed by atoms with van der Waals surface area (Å²) >= 11 is 0. The van der Waals surface area contributed by atoms with Gasteiger partial charge in [0.25, 0.3) is 0 Å². The summed E-state index contributed by atoms with van der Waals surface area (Å²) in [7, 11) is 0. The van der Waals surface area contributed by atoms with Crippen LogP contribution in [0.1, 0.15) is 79.6 Å². The lowest BCUT2D eigenvalue weighted by Crippen LogP contribution is -2.60. The third-order valence-corrected chi connectivity index (χ3v) is 10.2. The van der Waals surface area contributed by atoms with Crippen molar-refractivity contribution in [2.75, 3.05) is 0 Å². The van der Waals surface area contributed by atoms with Gasteiger partial charge in [-0.2, -0.15) is 10.2 Å². The highest BCUT2D eigenvalue weighted by Crippen LogP contribution is 2.70. The lowest BCUT2D eigenvalue weighted by atomic mass is 9.46. The van der Waals surface area contributed by atoms with E-state index in [0.717, 1.165) is 56.4 Å². The highest BCUT2D eigenvalue weighted by Gasteiger charge is 2.74. The number of nitrogens with zero attached hydrogens (tertiary/aromatic N) is 2. The third kappa shape index (κ3) is 3.59. The summed E-state index contributed by atoms with van der Waals surface area (Å²) in [6.07, 6.45) is 9.01. The molecule has 198 valence electrons. The van der Waals surface area contributed by atoms with Gasteiger partial charge in [-0.25, -0.2) is 20.4 Å². The van der Waals surface area contributed by atoms with Crippen LogP contribution < -0.4 is 22.3 Å². The molecule has 0 aromatic heterocycles. The topological polar surface area (TPSA) is 153 Å². The van der Waals surface area contributed by atoms with Crippen molar-refractivity contribution in [3.63, 3.8) is 0 Å². The molecule has 4 amide bonds. The fourth-order valence-electron chi connectivity index (χ4n) is 8.78. The Labute approximate surface area is 212 Å². The van der Waals surface area contributed by atoms with Crippen molar-refractivity contribution >= 4 is 23.5 Å². The largest absolute Gasteiger partial charge is 0.350 e. The molecule has 0 radical (unpaired) electrons. The van der Waals surface area contributed by atoms with E-state index in [-0.39, 0.29) is 16.9 Å². The summed E-state index contributed by atoms with van der Waals surface area (Å²) < 4.78 is 13.3. The van der Waals surface area contributed by atoms with E-state index < -0.39 is 23.5 Å². The standard InChI is InChI=1S/C26H40N6O4/c1-14(29-31-21(27)33)26-20(35-23(2,3)36-26)13-19-17-7-6-15-12-16(30-32-22(28)34)8-10-24(15,4)18(17)9-11-25(19,26)5/h12,17-20H,6-11,13H2,1-5H3,(H3,27,31,33)(H3,28,32,34)/b29-14-,30-16+/t17-,18+,19-,20-,24+,25+,26-/m1/s1. The lowest BCUT2D eigenvalue weighted by Gasteiger charge is -2.59. The Morgan fingerprint density at radius 2 is 1.75 bits per heavy atom. The van der Waals surface area contributed by atoms with Crippen molar-refractivity contribution in [3.05, 3.63) is 11.6 Å². The maximum atomic E-state index is 11.4. The predicted octanol–water partition coefficient (Wildman–Crippen LogP) is 3.52. The van der Waals surface area contributed by atoms with Gasteiger partial charge in [0.2, 0.25) is 0 Å². The smallest absolute Gasteiger partial charge is 0.332 e. The van der Waals surface area contributed by atoms with Gasteiger partial charge in [-0.15, -0.1) is 0 Å². The zero-order valence-corrected chi connectivity index (χ0v) is 22.0. The molecule has 1 aliphatic heterocycles. The van der Waals surface area contributed by atoms with Gasteiger partial charge in [0.15, 0.2) is 5.79 Å². The second-order valence-corrected chi connectivity index (χ2v) is 12.3. The molecule has 5 rings (SSSR count). The van der Waals surface area contributed by atoms with Crippen molar-refractivity contribution < 1.29 is 19.1 Å². The second-order valence-electron chi connectivity index (χ2n) is 12.3. The third-order valence-electron chi connectivity index (χ3n) is 10.2. The fourth-order valence-corrected chi connectivity index (χ4v) is 8.78. The van der Waals surface area contributed by atoms with Crippen molar-refractivity contribution in [1.29, 1.82) is 0 Å². The number of nitrogens with one attached hydrogen (secondary N) is 2. The minimum atomic E-state index is -0.731. The first kappa shape index (κ1) is 25.2. The Morgan fingerprint density at radius 1 is 1.03 bits per heavy atom. The molecule has 4 fully saturated rings. The average Bonchev–Trinajstić information content (AvgIpc) is 3.21. The number of hydrogen-bond donors (Lipinski definition) is 4. The normalized spacial score (nSPS) is 44.1. The summed E-state index contributed by atoms with van der Waals surface area (Å²) in [5, 5.41) is 8.60.